The van der Waals surface area contributed by atoms with Crippen LogP contribution in [0.5, 0.6) is 0 Å². The Bertz CT molecular complexity index is 584. The molecule has 1 aliphatic heterocycles. The third kappa shape index (κ3) is 2.61. The molecule has 20 heavy (non-hydrogen) atoms. The molecule has 0 N–H and O–H groups in total. The molecule has 0 radical (unpaired) electrons. The number of hydrogen-bond acceptors (Lipinski definition) is 5. The lowest BCUT2D eigenvalue weighted by molar-refractivity contribution is -0.384. The van der Waals surface area contributed by atoms with Crippen molar-refractivity contribution in [2.75, 3.05) is 18.6 Å². The summed E-state index contributed by atoms with van der Waals surface area (Å²) in [7, 11) is 1.27. The van der Waals surface area contributed by atoms with Gasteiger partial charge in [-0.15, -0.1) is 0 Å². The SMILES string of the molecule is COC(=O)C1CC(=O)N(c2cc(C)cc([N+](=O)[O-])c2)C1. The number of carbonyl (C=O) groups excluding carboxylic acids is 2. The molecule has 1 unspecified atom stereocenters. The van der Waals surface area contributed by atoms with Crippen molar-refractivity contribution in [3.05, 3.63) is 33.9 Å². The van der Waals surface area contributed by atoms with Crippen LogP contribution in [0.15, 0.2) is 18.2 Å². The lowest BCUT2D eigenvalue weighted by Gasteiger charge is -2.16. The zero-order valence-electron chi connectivity index (χ0n) is 11.2. The van der Waals surface area contributed by atoms with E-state index in [9.17, 15) is 19.7 Å². The van der Waals surface area contributed by atoms with E-state index in [-0.39, 0.29) is 24.6 Å². The fourth-order valence-electron chi connectivity index (χ4n) is 2.29. The number of anilines is 1. The Balaban J connectivity index is 2.30. The topological polar surface area (TPSA) is 89.8 Å². The Morgan fingerprint density at radius 1 is 1.45 bits per heavy atom. The Kier molecular flexibility index (Phi) is 3.69. The van der Waals surface area contributed by atoms with Crippen LogP contribution in [0.4, 0.5) is 11.4 Å². The van der Waals surface area contributed by atoms with Crippen molar-refractivity contribution in [2.45, 2.75) is 13.3 Å². The molecule has 0 aromatic heterocycles. The molecule has 0 bridgehead atoms. The number of nitro groups is 1. The van der Waals surface area contributed by atoms with Crippen LogP contribution >= 0.6 is 0 Å². The molecule has 7 heteroatoms. The molecule has 1 atom stereocenters. The van der Waals surface area contributed by atoms with Gasteiger partial charge in [0.1, 0.15) is 0 Å². The Labute approximate surface area is 115 Å². The molecule has 106 valence electrons. The minimum absolute atomic E-state index is 0.0639. The third-order valence-electron chi connectivity index (χ3n) is 3.23. The number of nitro benzene ring substituents is 1. The van der Waals surface area contributed by atoms with Crippen LogP contribution in [0.25, 0.3) is 0 Å². The van der Waals surface area contributed by atoms with E-state index < -0.39 is 16.8 Å². The van der Waals surface area contributed by atoms with Gasteiger partial charge in [0.25, 0.3) is 5.69 Å². The number of amides is 1. The van der Waals surface area contributed by atoms with Crippen LogP contribution in [0.2, 0.25) is 0 Å². The average molecular weight is 278 g/mol. The van der Waals surface area contributed by atoms with E-state index in [4.69, 9.17) is 0 Å². The Morgan fingerprint density at radius 3 is 2.75 bits per heavy atom. The van der Waals surface area contributed by atoms with Crippen molar-refractivity contribution in [1.29, 1.82) is 0 Å². The first kappa shape index (κ1) is 14.0. The summed E-state index contributed by atoms with van der Waals surface area (Å²) in [5.41, 5.74) is 1.05. The minimum atomic E-state index is -0.521. The largest absolute Gasteiger partial charge is 0.469 e. The molecule has 1 amide bonds. The maximum absolute atomic E-state index is 11.9. The quantitative estimate of drug-likeness (QED) is 0.474. The monoisotopic (exact) mass is 278 g/mol. The van der Waals surface area contributed by atoms with Gasteiger partial charge in [-0.1, -0.05) is 0 Å². The Morgan fingerprint density at radius 2 is 2.15 bits per heavy atom. The number of non-ortho nitro benzene ring substituents is 1. The summed E-state index contributed by atoms with van der Waals surface area (Å²) in [6.07, 6.45) is 0.0639. The van der Waals surface area contributed by atoms with Crippen molar-refractivity contribution >= 4 is 23.3 Å². The van der Waals surface area contributed by atoms with Crippen LogP contribution < -0.4 is 4.90 Å². The lowest BCUT2D eigenvalue weighted by atomic mass is 10.1. The van der Waals surface area contributed by atoms with E-state index in [1.807, 2.05) is 0 Å². The lowest BCUT2D eigenvalue weighted by Crippen LogP contribution is -2.26. The van der Waals surface area contributed by atoms with E-state index in [1.165, 1.54) is 24.1 Å². The van der Waals surface area contributed by atoms with Crippen LogP contribution in [-0.2, 0) is 14.3 Å². The van der Waals surface area contributed by atoms with Gasteiger partial charge in [0.2, 0.25) is 5.91 Å². The fourth-order valence-corrected chi connectivity index (χ4v) is 2.29. The zero-order valence-corrected chi connectivity index (χ0v) is 11.2. The van der Waals surface area contributed by atoms with Crippen molar-refractivity contribution in [2.24, 2.45) is 5.92 Å². The molecular formula is C13H14N2O5. The molecule has 0 saturated carbocycles. The molecule has 1 aromatic carbocycles. The maximum Gasteiger partial charge on any atom is 0.311 e. The molecule has 0 aliphatic carbocycles. The van der Waals surface area contributed by atoms with Gasteiger partial charge >= 0.3 is 5.97 Å². The molecule has 1 heterocycles. The predicted octanol–water partition coefficient (Wildman–Crippen LogP) is 1.43. The van der Waals surface area contributed by atoms with Crippen molar-refractivity contribution < 1.29 is 19.2 Å². The first-order valence-corrected chi connectivity index (χ1v) is 6.06. The van der Waals surface area contributed by atoms with Gasteiger partial charge in [-0.3, -0.25) is 19.7 Å². The molecule has 0 spiro atoms. The van der Waals surface area contributed by atoms with Crippen molar-refractivity contribution in [3.63, 3.8) is 0 Å². The van der Waals surface area contributed by atoms with Gasteiger partial charge in [0.05, 0.1) is 23.6 Å². The second kappa shape index (κ2) is 5.28. The smallest absolute Gasteiger partial charge is 0.311 e. The number of ether oxygens (including phenoxy) is 1. The summed E-state index contributed by atoms with van der Waals surface area (Å²) in [4.78, 5) is 35.1. The highest BCUT2D eigenvalue weighted by atomic mass is 16.6. The number of aryl methyl sites for hydroxylation is 1. The predicted molar refractivity (Wildman–Crippen MR) is 70.3 cm³/mol. The molecule has 1 fully saturated rings. The van der Waals surface area contributed by atoms with Crippen LogP contribution in [0.3, 0.4) is 0 Å². The van der Waals surface area contributed by atoms with Gasteiger partial charge in [-0.25, -0.2) is 0 Å². The van der Waals surface area contributed by atoms with E-state index in [0.717, 1.165) is 0 Å². The number of hydrogen-bond donors (Lipinski definition) is 0. The van der Waals surface area contributed by atoms with Crippen molar-refractivity contribution in [1.82, 2.24) is 0 Å². The third-order valence-corrected chi connectivity index (χ3v) is 3.23. The fraction of sp³-hybridized carbons (Fsp3) is 0.385. The molecular weight excluding hydrogens is 264 g/mol. The second-order valence-corrected chi connectivity index (χ2v) is 4.71. The number of nitrogens with zero attached hydrogens (tertiary/aromatic N) is 2. The van der Waals surface area contributed by atoms with Gasteiger partial charge in [0.15, 0.2) is 0 Å². The van der Waals surface area contributed by atoms with Gasteiger partial charge in [-0.2, -0.15) is 0 Å². The molecule has 7 nitrogen and oxygen atoms in total. The number of rotatable bonds is 3. The summed E-state index contributed by atoms with van der Waals surface area (Å²) in [5, 5.41) is 10.8. The number of esters is 1. The zero-order chi connectivity index (χ0) is 14.9. The van der Waals surface area contributed by atoms with Gasteiger partial charge < -0.3 is 9.64 Å². The maximum atomic E-state index is 11.9. The van der Waals surface area contributed by atoms with E-state index in [1.54, 1.807) is 13.0 Å². The van der Waals surface area contributed by atoms with Gasteiger partial charge in [-0.05, 0) is 18.6 Å². The molecule has 1 saturated heterocycles. The first-order chi connectivity index (χ1) is 9.42. The highest BCUT2D eigenvalue weighted by Gasteiger charge is 2.36. The minimum Gasteiger partial charge on any atom is -0.469 e. The molecule has 1 aromatic rings. The van der Waals surface area contributed by atoms with Crippen LogP contribution in [0.1, 0.15) is 12.0 Å². The summed E-state index contributed by atoms with van der Waals surface area (Å²) < 4.78 is 4.63. The van der Waals surface area contributed by atoms with E-state index in [0.29, 0.717) is 11.3 Å². The number of methoxy groups -OCH3 is 1. The summed E-state index contributed by atoms with van der Waals surface area (Å²) >= 11 is 0. The van der Waals surface area contributed by atoms with Crippen LogP contribution in [-0.4, -0.2) is 30.5 Å². The molecule has 1 aliphatic rings. The first-order valence-electron chi connectivity index (χ1n) is 6.06. The number of carbonyl (C=O) groups is 2. The highest BCUT2D eigenvalue weighted by Crippen LogP contribution is 2.29. The van der Waals surface area contributed by atoms with Crippen LogP contribution in [0, 0.1) is 23.0 Å². The van der Waals surface area contributed by atoms with Gasteiger partial charge in [0, 0.05) is 25.1 Å². The Hall–Kier alpha value is -2.44. The highest BCUT2D eigenvalue weighted by molar-refractivity contribution is 5.99. The van der Waals surface area contributed by atoms with Crippen molar-refractivity contribution in [3.8, 4) is 0 Å². The summed E-state index contributed by atoms with van der Waals surface area (Å²) in [6.45, 7) is 1.90. The molecule has 2 rings (SSSR count). The van der Waals surface area contributed by atoms with E-state index in [2.05, 4.69) is 4.74 Å². The standard InChI is InChI=1S/C13H14N2O5/c1-8-3-10(6-11(4-8)15(18)19)14-7-9(5-12(14)16)13(17)20-2/h3-4,6,9H,5,7H2,1-2H3. The second-order valence-electron chi connectivity index (χ2n) is 4.71. The average Bonchev–Trinajstić information content (AvgIpc) is 2.79. The normalized spacial score (nSPS) is 18.2. The summed E-state index contributed by atoms with van der Waals surface area (Å²) in [6, 6.07) is 4.46. The number of benzene rings is 1. The van der Waals surface area contributed by atoms with E-state index >= 15 is 0 Å². The summed E-state index contributed by atoms with van der Waals surface area (Å²) in [5.74, 6) is -1.20.